The van der Waals surface area contributed by atoms with Gasteiger partial charge in [0.25, 0.3) is 0 Å². The normalized spacial score (nSPS) is 11.6. The van der Waals surface area contributed by atoms with Gasteiger partial charge in [-0.3, -0.25) is 9.13 Å². The number of rotatable bonds is 6. The zero-order valence-electron chi connectivity index (χ0n) is 9.34. The monoisotopic (exact) mass is 327 g/mol. The Morgan fingerprint density at radius 2 is 1.95 bits per heavy atom. The van der Waals surface area contributed by atoms with Gasteiger partial charge in [0, 0.05) is 6.20 Å². The number of anilines is 1. The summed E-state index contributed by atoms with van der Waals surface area (Å²) < 4.78 is 16.5. The van der Waals surface area contributed by atoms with E-state index in [1.165, 1.54) is 12.3 Å². The van der Waals surface area contributed by atoms with Crippen LogP contribution in [0, 0.1) is 0 Å². The lowest BCUT2D eigenvalue weighted by atomic mass is 10.3. The van der Waals surface area contributed by atoms with Gasteiger partial charge < -0.3 is 25.4 Å². The second kappa shape index (κ2) is 10.5. The molecular weight excluding hydrogens is 301 g/mol. The Hall–Kier alpha value is -1.25. The van der Waals surface area contributed by atoms with E-state index in [0.29, 0.717) is 0 Å². The summed E-state index contributed by atoms with van der Waals surface area (Å²) in [7, 11) is -4.31. The number of aliphatic hydroxyl groups excluding tert-OH is 1. The van der Waals surface area contributed by atoms with Crippen LogP contribution < -0.4 is 11.4 Å². The first kappa shape index (κ1) is 24.7. The van der Waals surface area contributed by atoms with Crippen molar-refractivity contribution in [3.05, 3.63) is 22.7 Å². The first-order chi connectivity index (χ1) is 8.31. The van der Waals surface area contributed by atoms with Crippen LogP contribution in [-0.4, -0.2) is 43.5 Å². The minimum Gasteiger partial charge on any atom is -0.394 e. The lowest BCUT2D eigenvalue weighted by molar-refractivity contribution is 0.0188. The van der Waals surface area contributed by atoms with Crippen LogP contribution in [0.5, 0.6) is 0 Å². The van der Waals surface area contributed by atoms with Crippen LogP contribution in [0.3, 0.4) is 0 Å². The second-order valence-corrected chi connectivity index (χ2v) is 5.14. The van der Waals surface area contributed by atoms with Crippen molar-refractivity contribution in [3.8, 4) is 0 Å². The van der Waals surface area contributed by atoms with Crippen LogP contribution in [0.1, 0.15) is 22.3 Å². The second-order valence-electron chi connectivity index (χ2n) is 3.55. The Labute approximate surface area is 124 Å². The van der Waals surface area contributed by atoms with Crippen LogP contribution in [0.15, 0.2) is 17.1 Å². The average Bonchev–Trinajstić information content (AvgIpc) is 2.25. The summed E-state index contributed by atoms with van der Waals surface area (Å²) in [5.41, 5.74) is 4.67. The van der Waals surface area contributed by atoms with E-state index in [1.54, 1.807) is 0 Å². The molecule has 1 rings (SSSR count). The predicted molar refractivity (Wildman–Crippen MR) is 82.0 cm³/mol. The van der Waals surface area contributed by atoms with Gasteiger partial charge in [0.2, 0.25) is 0 Å². The first-order valence-corrected chi connectivity index (χ1v) is 6.71. The Morgan fingerprint density at radius 3 is 2.38 bits per heavy atom. The van der Waals surface area contributed by atoms with Crippen molar-refractivity contribution in [2.75, 3.05) is 18.7 Å². The van der Waals surface area contributed by atoms with Crippen molar-refractivity contribution in [2.45, 2.75) is 34.9 Å². The third-order valence-electron chi connectivity index (χ3n) is 1.98. The lowest BCUT2D eigenvalue weighted by Gasteiger charge is -2.16. The fourth-order valence-corrected chi connectivity index (χ4v) is 1.57. The van der Waals surface area contributed by atoms with E-state index in [0.717, 1.165) is 4.57 Å². The molecule has 1 unspecified atom stereocenters. The molecule has 0 aliphatic rings. The zero-order valence-corrected chi connectivity index (χ0v) is 10.2. The van der Waals surface area contributed by atoms with E-state index in [2.05, 4.69) is 4.98 Å². The third kappa shape index (κ3) is 9.33. The molecule has 0 saturated heterocycles. The van der Waals surface area contributed by atoms with Gasteiger partial charge in [-0.25, -0.2) is 4.79 Å². The maximum Gasteiger partial charge on any atom is 0.350 e. The SMILES string of the molecule is C.C.C.Nc1ccn(CC(CO)OCP(=O)(O)O)c(=O)n1. The quantitative estimate of drug-likeness (QED) is 0.543. The zero-order chi connectivity index (χ0) is 13.8. The highest BCUT2D eigenvalue weighted by Gasteiger charge is 2.18. The summed E-state index contributed by atoms with van der Waals surface area (Å²) >= 11 is 0. The summed E-state index contributed by atoms with van der Waals surface area (Å²) in [5.74, 6) is 0.0629. The minimum atomic E-state index is -4.31. The van der Waals surface area contributed by atoms with Crippen LogP contribution >= 0.6 is 7.60 Å². The van der Waals surface area contributed by atoms with Crippen molar-refractivity contribution < 1.29 is 24.2 Å². The number of nitrogens with zero attached hydrogens (tertiary/aromatic N) is 2. The van der Waals surface area contributed by atoms with Gasteiger partial charge in [-0.15, -0.1) is 0 Å². The molecule has 0 aromatic carbocycles. The van der Waals surface area contributed by atoms with Gasteiger partial charge in [-0.2, -0.15) is 4.98 Å². The molecule has 1 atom stereocenters. The van der Waals surface area contributed by atoms with Gasteiger partial charge in [0.05, 0.1) is 19.3 Å². The van der Waals surface area contributed by atoms with Crippen molar-refractivity contribution in [3.63, 3.8) is 0 Å². The van der Waals surface area contributed by atoms with Crippen LogP contribution in [0.2, 0.25) is 0 Å². The van der Waals surface area contributed by atoms with Crippen molar-refractivity contribution in [2.24, 2.45) is 0 Å². The topological polar surface area (TPSA) is 148 Å². The largest absolute Gasteiger partial charge is 0.394 e. The van der Waals surface area contributed by atoms with Crippen molar-refractivity contribution >= 4 is 13.4 Å². The summed E-state index contributed by atoms with van der Waals surface area (Å²) in [4.78, 5) is 32.1. The van der Waals surface area contributed by atoms with Crippen LogP contribution in [0.4, 0.5) is 5.82 Å². The average molecular weight is 327 g/mol. The van der Waals surface area contributed by atoms with Gasteiger partial charge in [-0.1, -0.05) is 22.3 Å². The molecule has 0 saturated carbocycles. The molecule has 10 heteroatoms. The standard InChI is InChI=1S/C8H14N3O6P.3CH4/c9-7-1-2-11(8(13)10-7)3-6(4-12)17-5-18(14,15)16;;;/h1-2,6,12H,3-5H2,(H2,9,10,13)(H2,14,15,16);3*1H4. The predicted octanol–water partition coefficient (Wildman–Crippen LogP) is 0.246. The number of ether oxygens (including phenoxy) is 1. The molecule has 0 bridgehead atoms. The van der Waals surface area contributed by atoms with E-state index < -0.39 is 32.3 Å². The smallest absolute Gasteiger partial charge is 0.350 e. The molecule has 0 spiro atoms. The Balaban J connectivity index is -0.00000108. The first-order valence-electron chi connectivity index (χ1n) is 4.92. The molecule has 0 radical (unpaired) electrons. The molecule has 1 aromatic heterocycles. The summed E-state index contributed by atoms with van der Waals surface area (Å²) in [5, 5.41) is 8.99. The number of aliphatic hydroxyl groups is 1. The number of aromatic nitrogens is 2. The highest BCUT2D eigenvalue weighted by atomic mass is 31.2. The van der Waals surface area contributed by atoms with E-state index in [4.69, 9.17) is 25.4 Å². The highest BCUT2D eigenvalue weighted by Crippen LogP contribution is 2.34. The lowest BCUT2D eigenvalue weighted by Crippen LogP contribution is -2.32. The number of hydrogen-bond acceptors (Lipinski definition) is 6. The Bertz CT molecular complexity index is 501. The molecule has 9 nitrogen and oxygen atoms in total. The number of hydrogen-bond donors (Lipinski definition) is 4. The third-order valence-corrected chi connectivity index (χ3v) is 2.46. The molecule has 126 valence electrons. The fourth-order valence-electron chi connectivity index (χ4n) is 1.17. The molecule has 0 fully saturated rings. The highest BCUT2D eigenvalue weighted by molar-refractivity contribution is 7.51. The number of nitrogen functional groups attached to an aromatic ring is 1. The van der Waals surface area contributed by atoms with Crippen LogP contribution in [-0.2, 0) is 15.8 Å². The van der Waals surface area contributed by atoms with Crippen LogP contribution in [0.25, 0.3) is 0 Å². The Morgan fingerprint density at radius 1 is 1.38 bits per heavy atom. The van der Waals surface area contributed by atoms with Crippen molar-refractivity contribution in [1.29, 1.82) is 0 Å². The summed E-state index contributed by atoms with van der Waals surface area (Å²) in [6, 6.07) is 1.39. The summed E-state index contributed by atoms with van der Waals surface area (Å²) in [6.07, 6.45) is -0.385. The molecule has 0 aliphatic carbocycles. The number of nitrogens with two attached hydrogens (primary N) is 1. The molecule has 0 amide bonds. The van der Waals surface area contributed by atoms with Gasteiger partial charge in [0.15, 0.2) is 0 Å². The molecule has 5 N–H and O–H groups in total. The van der Waals surface area contributed by atoms with Gasteiger partial charge in [-0.05, 0) is 6.07 Å². The molecular formula is C11H26N3O6P. The fraction of sp³-hybridized carbons (Fsp3) is 0.636. The van der Waals surface area contributed by atoms with E-state index in [9.17, 15) is 9.36 Å². The molecule has 1 heterocycles. The maximum atomic E-state index is 11.4. The van der Waals surface area contributed by atoms with E-state index >= 15 is 0 Å². The van der Waals surface area contributed by atoms with E-state index in [1.807, 2.05) is 0 Å². The molecule has 0 aliphatic heterocycles. The van der Waals surface area contributed by atoms with Gasteiger partial charge >= 0.3 is 13.3 Å². The molecule has 21 heavy (non-hydrogen) atoms. The van der Waals surface area contributed by atoms with Crippen molar-refractivity contribution in [1.82, 2.24) is 9.55 Å². The molecule has 1 aromatic rings. The minimum absolute atomic E-state index is 0. The Kier molecular flexibility index (Phi) is 12.3. The summed E-state index contributed by atoms with van der Waals surface area (Å²) in [6.45, 7) is -0.570. The maximum absolute atomic E-state index is 11.4. The van der Waals surface area contributed by atoms with Gasteiger partial charge in [0.1, 0.15) is 12.2 Å². The van der Waals surface area contributed by atoms with E-state index in [-0.39, 0.29) is 34.6 Å².